The molecule has 1 aliphatic carbocycles. The van der Waals surface area contributed by atoms with Crippen LogP contribution in [0.4, 0.5) is 11.4 Å². The number of carbonyl (C=O) groups excluding carboxylic acids is 1. The predicted molar refractivity (Wildman–Crippen MR) is 92.4 cm³/mol. The first kappa shape index (κ1) is 18.8. The van der Waals surface area contributed by atoms with Gasteiger partial charge in [0.2, 0.25) is 0 Å². The number of non-ortho nitro benzene ring substituents is 1. The molecule has 0 atom stereocenters. The number of hydrogen-bond acceptors (Lipinski definition) is 5. The minimum absolute atomic E-state index is 0.0269. The largest absolute Gasteiger partial charge is 0.349 e. The molecule has 0 unspecified atom stereocenters. The third kappa shape index (κ3) is 4.52. The Balaban J connectivity index is 2.09. The molecule has 0 aromatic heterocycles. The van der Waals surface area contributed by atoms with E-state index in [1.165, 1.54) is 0 Å². The molecule has 1 saturated carbocycles. The van der Waals surface area contributed by atoms with Gasteiger partial charge in [0.1, 0.15) is 5.56 Å². The van der Waals surface area contributed by atoms with E-state index < -0.39 is 27.1 Å². The van der Waals surface area contributed by atoms with E-state index in [4.69, 9.17) is 0 Å². The second-order valence-electron chi connectivity index (χ2n) is 7.60. The minimum atomic E-state index is -0.765. The van der Waals surface area contributed by atoms with Crippen LogP contribution in [0.2, 0.25) is 0 Å². The van der Waals surface area contributed by atoms with Crippen molar-refractivity contribution in [2.24, 2.45) is 11.3 Å². The Morgan fingerprint density at radius 3 is 2.16 bits per heavy atom. The number of amides is 1. The van der Waals surface area contributed by atoms with E-state index in [-0.39, 0.29) is 17.0 Å². The maximum absolute atomic E-state index is 12.4. The fourth-order valence-electron chi connectivity index (χ4n) is 3.34. The van der Waals surface area contributed by atoms with Crippen LogP contribution in [0.1, 0.15) is 56.8 Å². The summed E-state index contributed by atoms with van der Waals surface area (Å²) >= 11 is 0. The van der Waals surface area contributed by atoms with E-state index in [1.54, 1.807) is 0 Å². The zero-order chi connectivity index (χ0) is 18.8. The van der Waals surface area contributed by atoms with Crippen LogP contribution in [0, 0.1) is 31.6 Å². The Morgan fingerprint density at radius 2 is 1.68 bits per heavy atom. The Hall–Kier alpha value is -2.51. The average Bonchev–Trinajstić information content (AvgIpc) is 2.53. The molecule has 2 rings (SSSR count). The summed E-state index contributed by atoms with van der Waals surface area (Å²) in [6, 6.07) is 3.05. The molecule has 0 radical (unpaired) electrons. The molecule has 0 heterocycles. The maximum atomic E-state index is 12.4. The lowest BCUT2D eigenvalue weighted by atomic mass is 9.71. The van der Waals surface area contributed by atoms with Crippen molar-refractivity contribution in [3.05, 3.63) is 44.0 Å². The normalized spacial score (nSPS) is 20.8. The van der Waals surface area contributed by atoms with Crippen molar-refractivity contribution in [1.82, 2.24) is 5.32 Å². The zero-order valence-electron chi connectivity index (χ0n) is 14.7. The molecule has 1 aliphatic rings. The molecule has 0 aliphatic heterocycles. The van der Waals surface area contributed by atoms with Gasteiger partial charge in [0.05, 0.1) is 15.9 Å². The van der Waals surface area contributed by atoms with E-state index in [0.29, 0.717) is 5.92 Å². The highest BCUT2D eigenvalue weighted by Gasteiger charge is 2.31. The van der Waals surface area contributed by atoms with Crippen LogP contribution in [0.25, 0.3) is 0 Å². The van der Waals surface area contributed by atoms with E-state index in [0.717, 1.165) is 43.9 Å². The van der Waals surface area contributed by atoms with Crippen LogP contribution in [0.15, 0.2) is 18.2 Å². The molecule has 25 heavy (non-hydrogen) atoms. The molecule has 0 spiro atoms. The van der Waals surface area contributed by atoms with Gasteiger partial charge in [-0.3, -0.25) is 25.0 Å². The molecule has 8 heteroatoms. The lowest BCUT2D eigenvalue weighted by Gasteiger charge is -2.37. The molecular weight excluding hydrogens is 326 g/mol. The van der Waals surface area contributed by atoms with Crippen molar-refractivity contribution < 1.29 is 14.6 Å². The number of carbonyl (C=O) groups is 1. The second kappa shape index (κ2) is 7.16. The van der Waals surface area contributed by atoms with Gasteiger partial charge in [-0.2, -0.15) is 0 Å². The predicted octanol–water partition coefficient (Wildman–Crippen LogP) is 3.84. The highest BCUT2D eigenvalue weighted by atomic mass is 16.6. The van der Waals surface area contributed by atoms with Gasteiger partial charge in [-0.25, -0.2) is 0 Å². The van der Waals surface area contributed by atoms with Crippen LogP contribution >= 0.6 is 0 Å². The fraction of sp³-hybridized carbons (Fsp3) is 0.588. The summed E-state index contributed by atoms with van der Waals surface area (Å²) in [6.07, 6.45) is 3.65. The number of benzene rings is 1. The molecule has 136 valence electrons. The number of rotatable bonds is 4. The summed E-state index contributed by atoms with van der Waals surface area (Å²) in [7, 11) is 0. The van der Waals surface area contributed by atoms with Gasteiger partial charge in [-0.05, 0) is 43.1 Å². The summed E-state index contributed by atoms with van der Waals surface area (Å²) in [5.41, 5.74) is -0.871. The standard InChI is InChI=1S/C17H23N3O5/c1-17(2,3)11-4-6-12(7-5-11)18-16(21)14-9-8-13(19(22)23)10-15(14)20(24)25/h8-12H,4-7H2,1-3H3,(H,18,21). The van der Waals surface area contributed by atoms with Crippen molar-refractivity contribution in [2.75, 3.05) is 0 Å². The van der Waals surface area contributed by atoms with Gasteiger partial charge < -0.3 is 5.32 Å². The highest BCUT2D eigenvalue weighted by Crippen LogP contribution is 2.37. The van der Waals surface area contributed by atoms with Crippen molar-refractivity contribution >= 4 is 17.3 Å². The topological polar surface area (TPSA) is 115 Å². The van der Waals surface area contributed by atoms with Gasteiger partial charge in [-0.1, -0.05) is 20.8 Å². The molecule has 8 nitrogen and oxygen atoms in total. The zero-order valence-corrected chi connectivity index (χ0v) is 14.7. The lowest BCUT2D eigenvalue weighted by molar-refractivity contribution is -0.394. The quantitative estimate of drug-likeness (QED) is 0.655. The molecule has 0 saturated heterocycles. The van der Waals surface area contributed by atoms with E-state index in [9.17, 15) is 25.0 Å². The minimum Gasteiger partial charge on any atom is -0.349 e. The summed E-state index contributed by atoms with van der Waals surface area (Å²) in [5, 5.41) is 24.8. The van der Waals surface area contributed by atoms with Gasteiger partial charge in [0.15, 0.2) is 0 Å². The van der Waals surface area contributed by atoms with Gasteiger partial charge in [0, 0.05) is 12.1 Å². The second-order valence-corrected chi connectivity index (χ2v) is 7.60. The third-order valence-corrected chi connectivity index (χ3v) is 4.92. The average molecular weight is 349 g/mol. The Bertz CT molecular complexity index is 688. The first-order valence-corrected chi connectivity index (χ1v) is 8.33. The molecular formula is C17H23N3O5. The summed E-state index contributed by atoms with van der Waals surface area (Å²) in [4.78, 5) is 32.8. The maximum Gasteiger partial charge on any atom is 0.289 e. The van der Waals surface area contributed by atoms with Gasteiger partial charge in [-0.15, -0.1) is 0 Å². The van der Waals surface area contributed by atoms with E-state index in [1.807, 2.05) is 0 Å². The van der Waals surface area contributed by atoms with Crippen LogP contribution in [-0.4, -0.2) is 21.8 Å². The van der Waals surface area contributed by atoms with Crippen molar-refractivity contribution in [3.8, 4) is 0 Å². The Morgan fingerprint density at radius 1 is 1.08 bits per heavy atom. The van der Waals surface area contributed by atoms with Gasteiger partial charge >= 0.3 is 0 Å². The number of nitrogens with zero attached hydrogens (tertiary/aromatic N) is 2. The smallest absolute Gasteiger partial charge is 0.289 e. The first-order valence-electron chi connectivity index (χ1n) is 8.33. The first-order chi connectivity index (χ1) is 11.6. The summed E-state index contributed by atoms with van der Waals surface area (Å²) in [6.45, 7) is 6.62. The van der Waals surface area contributed by atoms with Crippen molar-refractivity contribution in [1.29, 1.82) is 0 Å². The Kier molecular flexibility index (Phi) is 5.39. The monoisotopic (exact) mass is 349 g/mol. The molecule has 1 amide bonds. The number of nitro groups is 2. The van der Waals surface area contributed by atoms with Crippen LogP contribution in [0.3, 0.4) is 0 Å². The van der Waals surface area contributed by atoms with E-state index >= 15 is 0 Å². The molecule has 1 aromatic carbocycles. The molecule has 1 N–H and O–H groups in total. The molecule has 1 aromatic rings. The SMILES string of the molecule is CC(C)(C)C1CCC(NC(=O)c2ccc([N+](=O)[O-])cc2[N+](=O)[O-])CC1. The van der Waals surface area contributed by atoms with Gasteiger partial charge in [0.25, 0.3) is 17.3 Å². The Labute approximate surface area is 145 Å². The van der Waals surface area contributed by atoms with Crippen molar-refractivity contribution in [3.63, 3.8) is 0 Å². The highest BCUT2D eigenvalue weighted by molar-refractivity contribution is 5.98. The molecule has 0 bridgehead atoms. The van der Waals surface area contributed by atoms with Crippen LogP contribution in [-0.2, 0) is 0 Å². The number of nitrogens with one attached hydrogen (secondary N) is 1. The molecule has 1 fully saturated rings. The lowest BCUT2D eigenvalue weighted by Crippen LogP contribution is -2.39. The van der Waals surface area contributed by atoms with Crippen molar-refractivity contribution in [2.45, 2.75) is 52.5 Å². The third-order valence-electron chi connectivity index (χ3n) is 4.92. The fourth-order valence-corrected chi connectivity index (χ4v) is 3.34. The van der Waals surface area contributed by atoms with Crippen LogP contribution in [0.5, 0.6) is 0 Å². The number of nitro benzene ring substituents is 2. The number of hydrogen-bond donors (Lipinski definition) is 1. The van der Waals surface area contributed by atoms with Crippen LogP contribution < -0.4 is 5.32 Å². The summed E-state index contributed by atoms with van der Waals surface area (Å²) in [5.74, 6) is 0.0372. The summed E-state index contributed by atoms with van der Waals surface area (Å²) < 4.78 is 0. The van der Waals surface area contributed by atoms with E-state index in [2.05, 4.69) is 26.1 Å².